The highest BCUT2D eigenvalue weighted by atomic mass is 19.2. The molecule has 0 amide bonds. The lowest BCUT2D eigenvalue weighted by atomic mass is 9.96. The molecule has 1 heterocycles. The fourth-order valence-corrected chi connectivity index (χ4v) is 1.88. The Hall–Kier alpha value is -2.18. The largest absolute Gasteiger partial charge is 0.382 e. The molecule has 1 aromatic heterocycles. The van der Waals surface area contributed by atoms with Gasteiger partial charge in [0.25, 0.3) is 0 Å². The second-order valence-electron chi connectivity index (χ2n) is 5.54. The number of halogens is 3. The Morgan fingerprint density at radius 1 is 1.05 bits per heavy atom. The highest BCUT2D eigenvalue weighted by Gasteiger charge is 2.26. The summed E-state index contributed by atoms with van der Waals surface area (Å²) in [5, 5.41) is 0. The molecule has 0 aliphatic rings. The minimum absolute atomic E-state index is 0.00572. The Morgan fingerprint density at radius 2 is 1.60 bits per heavy atom. The number of nitrogen functional groups attached to an aromatic ring is 2. The first-order valence-electron chi connectivity index (χ1n) is 5.91. The van der Waals surface area contributed by atoms with Crippen molar-refractivity contribution in [3.05, 3.63) is 35.4 Å². The van der Waals surface area contributed by atoms with Gasteiger partial charge in [0.15, 0.2) is 17.5 Å². The highest BCUT2D eigenvalue weighted by Crippen LogP contribution is 2.32. The molecule has 0 unspecified atom stereocenters. The monoisotopic (exact) mass is 284 g/mol. The van der Waals surface area contributed by atoms with Gasteiger partial charge in [-0.15, -0.1) is 0 Å². The molecule has 0 bridgehead atoms. The van der Waals surface area contributed by atoms with Crippen LogP contribution in [0.1, 0.15) is 26.6 Å². The molecule has 4 N–H and O–H groups in total. The van der Waals surface area contributed by atoms with Crippen molar-refractivity contribution >= 4 is 5.82 Å². The molecular formula is C13H15F3N4. The number of imidazole rings is 1. The zero-order valence-corrected chi connectivity index (χ0v) is 11.3. The number of hydrogen-bond donors (Lipinski definition) is 2. The van der Waals surface area contributed by atoms with Gasteiger partial charge < -0.3 is 11.6 Å². The van der Waals surface area contributed by atoms with Gasteiger partial charge in [-0.05, 0) is 6.07 Å². The van der Waals surface area contributed by atoms with E-state index in [0.717, 1.165) is 10.7 Å². The van der Waals surface area contributed by atoms with Crippen molar-refractivity contribution in [2.24, 2.45) is 0 Å². The lowest BCUT2D eigenvalue weighted by molar-refractivity contribution is 0.496. The summed E-state index contributed by atoms with van der Waals surface area (Å²) in [7, 11) is 0. The van der Waals surface area contributed by atoms with E-state index in [2.05, 4.69) is 4.98 Å². The minimum Gasteiger partial charge on any atom is -0.382 e. The molecule has 0 spiro atoms. The van der Waals surface area contributed by atoms with Gasteiger partial charge >= 0.3 is 0 Å². The first-order chi connectivity index (χ1) is 9.12. The molecule has 0 saturated heterocycles. The number of nitrogens with two attached hydrogens (primary N) is 2. The molecular weight excluding hydrogens is 269 g/mol. The number of aromatic nitrogens is 2. The molecule has 4 nitrogen and oxygen atoms in total. The van der Waals surface area contributed by atoms with E-state index in [0.29, 0.717) is 11.9 Å². The van der Waals surface area contributed by atoms with Crippen molar-refractivity contribution in [2.45, 2.75) is 26.2 Å². The maximum absolute atomic E-state index is 13.8. The predicted molar refractivity (Wildman–Crippen MR) is 70.8 cm³/mol. The standard InChI is InChI=1S/C13H15F3N4/c1-13(2,3)12-19-10(11(17)20(12)18)6-4-8(15)9(16)5-7(6)14/h4-5H,17-18H2,1-3H3. The Bertz CT molecular complexity index is 671. The van der Waals surface area contributed by atoms with E-state index in [1.54, 1.807) is 0 Å². The Kier molecular flexibility index (Phi) is 3.15. The second kappa shape index (κ2) is 4.43. The van der Waals surface area contributed by atoms with Crippen LogP contribution < -0.4 is 11.6 Å². The predicted octanol–water partition coefficient (Wildman–Crippen LogP) is 2.56. The summed E-state index contributed by atoms with van der Waals surface area (Å²) in [5.74, 6) is 2.78. The van der Waals surface area contributed by atoms with Gasteiger partial charge in [-0.2, -0.15) is 0 Å². The molecule has 108 valence electrons. The summed E-state index contributed by atoms with van der Waals surface area (Å²) in [6.45, 7) is 5.55. The van der Waals surface area contributed by atoms with Crippen molar-refractivity contribution in [1.29, 1.82) is 0 Å². The zero-order valence-electron chi connectivity index (χ0n) is 11.3. The Labute approximate surface area is 114 Å². The summed E-state index contributed by atoms with van der Waals surface area (Å²) in [6, 6.07) is 1.17. The summed E-state index contributed by atoms with van der Waals surface area (Å²) in [4.78, 5) is 4.17. The van der Waals surface area contributed by atoms with Gasteiger partial charge in [-0.25, -0.2) is 22.8 Å². The van der Waals surface area contributed by atoms with Gasteiger partial charge in [0.2, 0.25) is 0 Å². The number of hydrogen-bond acceptors (Lipinski definition) is 3. The van der Waals surface area contributed by atoms with E-state index in [4.69, 9.17) is 11.6 Å². The molecule has 2 aromatic rings. The zero-order chi connectivity index (χ0) is 15.2. The Balaban J connectivity index is 2.69. The molecule has 0 fully saturated rings. The third-order valence-corrected chi connectivity index (χ3v) is 2.88. The van der Waals surface area contributed by atoms with Crippen LogP contribution in [0.2, 0.25) is 0 Å². The van der Waals surface area contributed by atoms with Crippen LogP contribution in [0.5, 0.6) is 0 Å². The lowest BCUT2D eigenvalue weighted by Gasteiger charge is -2.17. The van der Waals surface area contributed by atoms with Crippen molar-refractivity contribution in [1.82, 2.24) is 9.66 Å². The molecule has 0 saturated carbocycles. The van der Waals surface area contributed by atoms with E-state index in [1.807, 2.05) is 20.8 Å². The van der Waals surface area contributed by atoms with E-state index in [1.165, 1.54) is 0 Å². The van der Waals surface area contributed by atoms with Crippen LogP contribution in [-0.4, -0.2) is 9.66 Å². The quantitative estimate of drug-likeness (QED) is 0.624. The normalized spacial score (nSPS) is 11.9. The van der Waals surface area contributed by atoms with Crippen molar-refractivity contribution < 1.29 is 13.2 Å². The first-order valence-corrected chi connectivity index (χ1v) is 5.91. The number of anilines is 1. The van der Waals surface area contributed by atoms with Gasteiger partial charge in [0.1, 0.15) is 17.3 Å². The third kappa shape index (κ3) is 2.19. The van der Waals surface area contributed by atoms with Gasteiger partial charge in [0.05, 0.1) is 0 Å². The van der Waals surface area contributed by atoms with Crippen LogP contribution in [-0.2, 0) is 5.41 Å². The topological polar surface area (TPSA) is 69.9 Å². The lowest BCUT2D eigenvalue weighted by Crippen LogP contribution is -2.24. The van der Waals surface area contributed by atoms with E-state index in [-0.39, 0.29) is 17.1 Å². The molecule has 0 radical (unpaired) electrons. The van der Waals surface area contributed by atoms with Crippen LogP contribution in [0.3, 0.4) is 0 Å². The number of benzene rings is 1. The summed E-state index contributed by atoms with van der Waals surface area (Å²) >= 11 is 0. The van der Waals surface area contributed by atoms with Crippen LogP contribution in [0.25, 0.3) is 11.3 Å². The molecule has 20 heavy (non-hydrogen) atoms. The van der Waals surface area contributed by atoms with E-state index < -0.39 is 22.9 Å². The SMILES string of the molecule is CC(C)(C)c1nc(-c2cc(F)c(F)cc2F)c(N)n1N. The average Bonchev–Trinajstić information content (AvgIpc) is 2.61. The molecule has 1 aromatic carbocycles. The maximum atomic E-state index is 13.8. The summed E-state index contributed by atoms with van der Waals surface area (Å²) < 4.78 is 41.1. The first kappa shape index (κ1) is 14.2. The van der Waals surface area contributed by atoms with Gasteiger partial charge in [-0.3, -0.25) is 0 Å². The smallest absolute Gasteiger partial charge is 0.161 e. The molecule has 7 heteroatoms. The molecule has 0 atom stereocenters. The fourth-order valence-electron chi connectivity index (χ4n) is 1.88. The van der Waals surface area contributed by atoms with Crippen LogP contribution in [0.15, 0.2) is 12.1 Å². The van der Waals surface area contributed by atoms with E-state index >= 15 is 0 Å². The highest BCUT2D eigenvalue weighted by molar-refractivity contribution is 5.72. The molecule has 0 aliphatic heterocycles. The molecule has 0 aliphatic carbocycles. The van der Waals surface area contributed by atoms with Crippen LogP contribution in [0, 0.1) is 17.5 Å². The molecule has 2 rings (SSSR count). The maximum Gasteiger partial charge on any atom is 0.161 e. The second-order valence-corrected chi connectivity index (χ2v) is 5.54. The average molecular weight is 284 g/mol. The van der Waals surface area contributed by atoms with Crippen molar-refractivity contribution in [3.8, 4) is 11.3 Å². The van der Waals surface area contributed by atoms with Crippen LogP contribution in [0.4, 0.5) is 19.0 Å². The minimum atomic E-state index is -1.27. The van der Waals surface area contributed by atoms with Crippen molar-refractivity contribution in [3.63, 3.8) is 0 Å². The fraction of sp³-hybridized carbons (Fsp3) is 0.308. The van der Waals surface area contributed by atoms with Crippen LogP contribution >= 0.6 is 0 Å². The van der Waals surface area contributed by atoms with E-state index in [9.17, 15) is 13.2 Å². The number of nitrogens with zero attached hydrogens (tertiary/aromatic N) is 2. The third-order valence-electron chi connectivity index (χ3n) is 2.88. The van der Waals surface area contributed by atoms with Gasteiger partial charge in [0, 0.05) is 17.0 Å². The number of rotatable bonds is 1. The van der Waals surface area contributed by atoms with Gasteiger partial charge in [-0.1, -0.05) is 20.8 Å². The summed E-state index contributed by atoms with van der Waals surface area (Å²) in [5.41, 5.74) is 5.12. The summed E-state index contributed by atoms with van der Waals surface area (Å²) in [6.07, 6.45) is 0. The Morgan fingerprint density at radius 3 is 2.10 bits per heavy atom. The van der Waals surface area contributed by atoms with Crippen molar-refractivity contribution in [2.75, 3.05) is 11.6 Å².